The Morgan fingerprint density at radius 1 is 1.19 bits per heavy atom. The van der Waals surface area contributed by atoms with Gasteiger partial charge in [-0.1, -0.05) is 0 Å². The van der Waals surface area contributed by atoms with E-state index < -0.39 is 17.6 Å². The fourth-order valence-electron chi connectivity index (χ4n) is 2.17. The number of aromatic nitrogens is 3. The van der Waals surface area contributed by atoms with Gasteiger partial charge in [0.05, 0.1) is 5.69 Å². The summed E-state index contributed by atoms with van der Waals surface area (Å²) in [7, 11) is 0. The van der Waals surface area contributed by atoms with E-state index in [1.807, 2.05) is 0 Å². The van der Waals surface area contributed by atoms with Crippen LogP contribution in [0.15, 0.2) is 30.6 Å². The number of halogens is 4. The molecule has 0 bridgehead atoms. The smallest absolute Gasteiger partial charge is 0.360 e. The summed E-state index contributed by atoms with van der Waals surface area (Å²) in [6.07, 6.45) is -2.45. The highest BCUT2D eigenvalue weighted by molar-refractivity contribution is 5.95. The summed E-state index contributed by atoms with van der Waals surface area (Å²) in [6, 6.07) is 3.88. The van der Waals surface area contributed by atoms with Crippen LogP contribution >= 0.6 is 0 Å². The van der Waals surface area contributed by atoms with Gasteiger partial charge in [0.25, 0.3) is 0 Å². The molecule has 0 saturated heterocycles. The van der Waals surface area contributed by atoms with Crippen molar-refractivity contribution in [2.75, 3.05) is 0 Å². The number of aryl methyl sites for hydroxylation is 1. The maximum absolute atomic E-state index is 13.4. The molecule has 0 atom stereocenters. The minimum absolute atomic E-state index is 0.197. The molecule has 0 fully saturated rings. The Labute approximate surface area is 116 Å². The Morgan fingerprint density at radius 2 is 1.95 bits per heavy atom. The first kappa shape index (κ1) is 13.5. The second-order valence-electron chi connectivity index (χ2n) is 4.57. The predicted molar refractivity (Wildman–Crippen MR) is 69.0 cm³/mol. The fraction of sp³-hybridized carbons (Fsp3) is 0.143. The molecule has 0 aliphatic heterocycles. The first-order valence-corrected chi connectivity index (χ1v) is 6.04. The van der Waals surface area contributed by atoms with Gasteiger partial charge in [0.15, 0.2) is 0 Å². The van der Waals surface area contributed by atoms with Gasteiger partial charge in [0.2, 0.25) is 0 Å². The number of hydrogen-bond acceptors (Lipinski definition) is 2. The Hall–Kier alpha value is -2.44. The second kappa shape index (κ2) is 4.54. The van der Waals surface area contributed by atoms with Crippen LogP contribution in [0.25, 0.3) is 22.2 Å². The standard InChI is InChI=1S/C14H9F4N3/c1-7-19-6-11(14(16,17)18)13(21-7)10-5-20-12-3-2-8(15)4-9(10)12/h2-6,20H,1H3. The molecule has 0 unspecified atom stereocenters. The average molecular weight is 295 g/mol. The molecular formula is C14H9F4N3. The van der Waals surface area contributed by atoms with Crippen LogP contribution in [-0.2, 0) is 6.18 Å². The van der Waals surface area contributed by atoms with Gasteiger partial charge in [0, 0.05) is 28.9 Å². The predicted octanol–water partition coefficient (Wildman–Crippen LogP) is 4.09. The number of rotatable bonds is 1. The molecule has 3 rings (SSSR count). The van der Waals surface area contributed by atoms with E-state index in [-0.39, 0.29) is 17.1 Å². The number of nitrogens with one attached hydrogen (secondary N) is 1. The highest BCUT2D eigenvalue weighted by atomic mass is 19.4. The van der Waals surface area contributed by atoms with Crippen LogP contribution in [0.4, 0.5) is 17.6 Å². The SMILES string of the molecule is Cc1ncc(C(F)(F)F)c(-c2c[nH]c3ccc(F)cc23)n1. The van der Waals surface area contributed by atoms with Crippen molar-refractivity contribution < 1.29 is 17.6 Å². The number of nitrogens with zero attached hydrogens (tertiary/aromatic N) is 2. The van der Waals surface area contributed by atoms with E-state index in [1.165, 1.54) is 31.3 Å². The van der Waals surface area contributed by atoms with Gasteiger partial charge in [-0.05, 0) is 25.1 Å². The highest BCUT2D eigenvalue weighted by Gasteiger charge is 2.35. The molecule has 3 nitrogen and oxygen atoms in total. The summed E-state index contributed by atoms with van der Waals surface area (Å²) in [5, 5.41) is 0.346. The van der Waals surface area contributed by atoms with Gasteiger partial charge in [-0.15, -0.1) is 0 Å². The Bertz CT molecular complexity index is 821. The zero-order valence-electron chi connectivity index (χ0n) is 10.8. The number of aromatic amines is 1. The Kier molecular flexibility index (Phi) is 2.93. The maximum atomic E-state index is 13.4. The van der Waals surface area contributed by atoms with Crippen LogP contribution in [0.2, 0.25) is 0 Å². The first-order chi connectivity index (χ1) is 9.86. The quantitative estimate of drug-likeness (QED) is 0.687. The third-order valence-corrected chi connectivity index (χ3v) is 3.11. The number of hydrogen-bond donors (Lipinski definition) is 1. The number of fused-ring (bicyclic) bond motifs is 1. The van der Waals surface area contributed by atoms with Gasteiger partial charge in [-0.3, -0.25) is 0 Å². The molecule has 2 aromatic heterocycles. The van der Waals surface area contributed by atoms with Crippen molar-refractivity contribution in [1.82, 2.24) is 15.0 Å². The summed E-state index contributed by atoms with van der Waals surface area (Å²) in [4.78, 5) is 10.3. The van der Waals surface area contributed by atoms with E-state index in [2.05, 4.69) is 15.0 Å². The number of H-pyrrole nitrogens is 1. The van der Waals surface area contributed by atoms with E-state index in [0.29, 0.717) is 10.9 Å². The second-order valence-corrected chi connectivity index (χ2v) is 4.57. The van der Waals surface area contributed by atoms with E-state index >= 15 is 0 Å². The molecule has 0 amide bonds. The first-order valence-electron chi connectivity index (χ1n) is 6.04. The van der Waals surface area contributed by atoms with E-state index in [0.717, 1.165) is 6.20 Å². The zero-order chi connectivity index (χ0) is 15.2. The molecule has 0 aliphatic rings. The highest BCUT2D eigenvalue weighted by Crippen LogP contribution is 2.38. The van der Waals surface area contributed by atoms with Crippen molar-refractivity contribution in [2.45, 2.75) is 13.1 Å². The van der Waals surface area contributed by atoms with Crippen LogP contribution in [0.5, 0.6) is 0 Å². The molecule has 3 aromatic rings. The van der Waals surface area contributed by atoms with Crippen LogP contribution in [0.3, 0.4) is 0 Å². The molecule has 0 aliphatic carbocycles. The normalized spacial score (nSPS) is 12.0. The van der Waals surface area contributed by atoms with Gasteiger partial charge in [0.1, 0.15) is 17.2 Å². The Morgan fingerprint density at radius 3 is 2.67 bits per heavy atom. The van der Waals surface area contributed by atoms with Crippen molar-refractivity contribution >= 4 is 10.9 Å². The van der Waals surface area contributed by atoms with E-state index in [1.54, 1.807) is 0 Å². The van der Waals surface area contributed by atoms with Crippen molar-refractivity contribution in [1.29, 1.82) is 0 Å². The lowest BCUT2D eigenvalue weighted by molar-refractivity contribution is -0.137. The van der Waals surface area contributed by atoms with E-state index in [4.69, 9.17) is 0 Å². The zero-order valence-corrected chi connectivity index (χ0v) is 10.8. The molecule has 0 radical (unpaired) electrons. The van der Waals surface area contributed by atoms with Crippen molar-refractivity contribution in [3.63, 3.8) is 0 Å². The van der Waals surface area contributed by atoms with Gasteiger partial charge in [-0.2, -0.15) is 13.2 Å². The molecule has 2 heterocycles. The Balaban J connectivity index is 2.32. The monoisotopic (exact) mass is 295 g/mol. The van der Waals surface area contributed by atoms with E-state index in [9.17, 15) is 17.6 Å². The van der Waals surface area contributed by atoms with Crippen LogP contribution in [0.1, 0.15) is 11.4 Å². The molecular weight excluding hydrogens is 286 g/mol. The van der Waals surface area contributed by atoms with Crippen LogP contribution in [-0.4, -0.2) is 15.0 Å². The summed E-state index contributed by atoms with van der Waals surface area (Å²) >= 11 is 0. The van der Waals surface area contributed by atoms with Crippen molar-refractivity contribution in [2.24, 2.45) is 0 Å². The third-order valence-electron chi connectivity index (χ3n) is 3.11. The molecule has 7 heteroatoms. The minimum atomic E-state index is -4.58. The number of benzene rings is 1. The van der Waals surface area contributed by atoms with Gasteiger partial charge in [-0.25, -0.2) is 14.4 Å². The maximum Gasteiger partial charge on any atom is 0.419 e. The molecule has 0 spiro atoms. The van der Waals surface area contributed by atoms with Crippen molar-refractivity contribution in [3.05, 3.63) is 47.8 Å². The summed E-state index contributed by atoms with van der Waals surface area (Å²) in [5.74, 6) is -0.313. The topological polar surface area (TPSA) is 41.6 Å². The van der Waals surface area contributed by atoms with Gasteiger partial charge >= 0.3 is 6.18 Å². The lowest BCUT2D eigenvalue weighted by Gasteiger charge is -2.11. The lowest BCUT2D eigenvalue weighted by atomic mass is 10.1. The summed E-state index contributed by atoms with van der Waals surface area (Å²) in [5.41, 5.74) is -0.469. The lowest BCUT2D eigenvalue weighted by Crippen LogP contribution is -2.10. The molecule has 1 aromatic carbocycles. The fourth-order valence-corrected chi connectivity index (χ4v) is 2.17. The molecule has 1 N–H and O–H groups in total. The largest absolute Gasteiger partial charge is 0.419 e. The van der Waals surface area contributed by atoms with Crippen LogP contribution in [0, 0.1) is 12.7 Å². The average Bonchev–Trinajstić information content (AvgIpc) is 2.79. The van der Waals surface area contributed by atoms with Gasteiger partial charge < -0.3 is 4.98 Å². The molecule has 0 saturated carbocycles. The molecule has 108 valence electrons. The third kappa shape index (κ3) is 2.35. The van der Waals surface area contributed by atoms with Crippen molar-refractivity contribution in [3.8, 4) is 11.3 Å². The minimum Gasteiger partial charge on any atom is -0.360 e. The van der Waals surface area contributed by atoms with Crippen LogP contribution < -0.4 is 0 Å². The summed E-state index contributed by atoms with van der Waals surface area (Å²) in [6.45, 7) is 1.50. The molecule has 21 heavy (non-hydrogen) atoms. The number of alkyl halides is 3. The summed E-state index contributed by atoms with van der Waals surface area (Å²) < 4.78 is 52.6.